The fourth-order valence-electron chi connectivity index (χ4n) is 6.76. The summed E-state index contributed by atoms with van der Waals surface area (Å²) in [6.45, 7) is 3.94. The second-order valence-corrected chi connectivity index (χ2v) is 15.8. The van der Waals surface area contributed by atoms with E-state index in [0.29, 0.717) is 12.8 Å². The summed E-state index contributed by atoms with van der Waals surface area (Å²) in [5.41, 5.74) is 0. The first-order valence-corrected chi connectivity index (χ1v) is 23.8. The van der Waals surface area contributed by atoms with Crippen LogP contribution in [0, 0.1) is 0 Å². The van der Waals surface area contributed by atoms with Crippen molar-refractivity contribution in [1.29, 1.82) is 0 Å². The molecule has 0 aromatic carbocycles. The smallest absolute Gasteiger partial charge is 0.306 e. The molecule has 0 heterocycles. The molecule has 0 aliphatic heterocycles. The van der Waals surface area contributed by atoms with Crippen LogP contribution < -0.4 is 0 Å². The zero-order chi connectivity index (χ0) is 40.7. The first kappa shape index (κ1) is 53.6. The maximum Gasteiger partial charge on any atom is 0.306 e. The van der Waals surface area contributed by atoms with Crippen molar-refractivity contribution in [1.82, 2.24) is 0 Å². The number of hydrogen-bond donors (Lipinski definition) is 1. The Hall–Kier alpha value is -2.40. The summed E-state index contributed by atoms with van der Waals surface area (Å²) in [7, 11) is 0. The molecule has 0 bridgehead atoms. The molecule has 0 aliphatic carbocycles. The summed E-state index contributed by atoms with van der Waals surface area (Å²) in [4.78, 5) is 24.0. The Morgan fingerprint density at radius 2 is 0.768 bits per heavy atom. The lowest BCUT2D eigenvalue weighted by atomic mass is 10.0. The van der Waals surface area contributed by atoms with E-state index in [9.17, 15) is 14.7 Å². The van der Waals surface area contributed by atoms with Gasteiger partial charge in [0.25, 0.3) is 0 Å². The molecule has 1 unspecified atom stereocenters. The lowest BCUT2D eigenvalue weighted by Gasteiger charge is -2.15. The van der Waals surface area contributed by atoms with Crippen LogP contribution >= 0.6 is 0 Å². The molecule has 0 aromatic heterocycles. The molecule has 1 atom stereocenters. The van der Waals surface area contributed by atoms with E-state index in [0.717, 1.165) is 70.6 Å². The summed E-state index contributed by atoms with van der Waals surface area (Å²) in [6.07, 6.45) is 62.3. The number of carbonyl (C=O) groups is 2. The Kier molecular flexibility index (Phi) is 45.0. The Morgan fingerprint density at radius 3 is 1.16 bits per heavy atom. The van der Waals surface area contributed by atoms with Gasteiger partial charge in [0.05, 0.1) is 6.61 Å². The topological polar surface area (TPSA) is 72.8 Å². The molecule has 0 aromatic rings. The number of allylic oxidation sites excluding steroid dienone is 10. The number of unbranched alkanes of at least 4 members (excludes halogenated alkanes) is 25. The predicted molar refractivity (Wildman–Crippen MR) is 242 cm³/mol. The van der Waals surface area contributed by atoms with Gasteiger partial charge in [-0.25, -0.2) is 0 Å². The molecule has 0 amide bonds. The fourth-order valence-corrected chi connectivity index (χ4v) is 6.76. The minimum atomic E-state index is -0.765. The van der Waals surface area contributed by atoms with Crippen LogP contribution in [0.2, 0.25) is 0 Å². The van der Waals surface area contributed by atoms with Crippen molar-refractivity contribution >= 4 is 11.9 Å². The largest absolute Gasteiger partial charge is 0.462 e. The highest BCUT2D eigenvalue weighted by molar-refractivity contribution is 5.70. The summed E-state index contributed by atoms with van der Waals surface area (Å²) < 4.78 is 10.5. The number of carbonyl (C=O) groups excluding carboxylic acids is 2. The van der Waals surface area contributed by atoms with Gasteiger partial charge >= 0.3 is 11.9 Å². The van der Waals surface area contributed by atoms with Crippen LogP contribution in [0.15, 0.2) is 60.8 Å². The number of esters is 2. The van der Waals surface area contributed by atoms with Gasteiger partial charge < -0.3 is 14.6 Å². The van der Waals surface area contributed by atoms with Gasteiger partial charge in [-0.05, 0) is 57.8 Å². The molecule has 0 saturated carbocycles. The van der Waals surface area contributed by atoms with Crippen LogP contribution in [-0.2, 0) is 19.1 Å². The van der Waals surface area contributed by atoms with Crippen molar-refractivity contribution in [2.45, 2.75) is 238 Å². The summed E-state index contributed by atoms with van der Waals surface area (Å²) in [6, 6.07) is 0. The molecule has 0 rings (SSSR count). The Labute approximate surface area is 347 Å². The van der Waals surface area contributed by atoms with Gasteiger partial charge in [-0.15, -0.1) is 0 Å². The van der Waals surface area contributed by atoms with Crippen LogP contribution in [-0.4, -0.2) is 36.4 Å². The Morgan fingerprint density at radius 1 is 0.429 bits per heavy atom. The average Bonchev–Trinajstić information content (AvgIpc) is 3.20. The predicted octanol–water partition coefficient (Wildman–Crippen LogP) is 15.5. The van der Waals surface area contributed by atoms with Crippen molar-refractivity contribution in [2.24, 2.45) is 0 Å². The van der Waals surface area contributed by atoms with Crippen LogP contribution in [0.25, 0.3) is 0 Å². The molecular formula is C51H90O5. The molecule has 324 valence electrons. The SMILES string of the molecule is CC/C=C\C/C=C\C/C=C\C/C=C\C/C=C\CCCCCCCCCCCCCCCCCCCCCCCC(=O)OC(CO)COC(=O)CCCCCCC. The minimum Gasteiger partial charge on any atom is -0.462 e. The molecular weight excluding hydrogens is 693 g/mol. The zero-order valence-electron chi connectivity index (χ0n) is 36.9. The number of hydrogen-bond acceptors (Lipinski definition) is 5. The first-order valence-electron chi connectivity index (χ1n) is 23.8. The first-order chi connectivity index (χ1) is 27.6. The molecule has 0 saturated heterocycles. The molecule has 0 spiro atoms. The second-order valence-electron chi connectivity index (χ2n) is 15.8. The van der Waals surface area contributed by atoms with Crippen LogP contribution in [0.4, 0.5) is 0 Å². The number of aliphatic hydroxyl groups is 1. The van der Waals surface area contributed by atoms with E-state index < -0.39 is 6.10 Å². The van der Waals surface area contributed by atoms with E-state index >= 15 is 0 Å². The van der Waals surface area contributed by atoms with E-state index in [4.69, 9.17) is 9.47 Å². The van der Waals surface area contributed by atoms with Crippen molar-refractivity contribution in [3.8, 4) is 0 Å². The highest BCUT2D eigenvalue weighted by Gasteiger charge is 2.16. The van der Waals surface area contributed by atoms with Gasteiger partial charge in [-0.2, -0.15) is 0 Å². The van der Waals surface area contributed by atoms with E-state index in [1.165, 1.54) is 135 Å². The lowest BCUT2D eigenvalue weighted by molar-refractivity contribution is -0.161. The third kappa shape index (κ3) is 44.3. The van der Waals surface area contributed by atoms with E-state index in [1.807, 2.05) is 0 Å². The molecule has 56 heavy (non-hydrogen) atoms. The van der Waals surface area contributed by atoms with Gasteiger partial charge in [0, 0.05) is 12.8 Å². The van der Waals surface area contributed by atoms with Gasteiger partial charge in [0.15, 0.2) is 6.10 Å². The van der Waals surface area contributed by atoms with Crippen molar-refractivity contribution in [3.63, 3.8) is 0 Å². The molecule has 5 nitrogen and oxygen atoms in total. The van der Waals surface area contributed by atoms with Crippen LogP contribution in [0.5, 0.6) is 0 Å². The average molecular weight is 783 g/mol. The van der Waals surface area contributed by atoms with Crippen LogP contribution in [0.3, 0.4) is 0 Å². The highest BCUT2D eigenvalue weighted by atomic mass is 16.6. The molecule has 1 N–H and O–H groups in total. The van der Waals surface area contributed by atoms with Crippen molar-refractivity contribution in [3.05, 3.63) is 60.8 Å². The fraction of sp³-hybridized carbons (Fsp3) is 0.765. The quantitative estimate of drug-likeness (QED) is 0.0379. The van der Waals surface area contributed by atoms with Gasteiger partial charge in [-0.3, -0.25) is 9.59 Å². The van der Waals surface area contributed by atoms with E-state index in [-0.39, 0.29) is 25.2 Å². The number of aliphatic hydroxyl groups excluding tert-OH is 1. The maximum atomic E-state index is 12.1. The monoisotopic (exact) mass is 783 g/mol. The molecule has 5 heteroatoms. The van der Waals surface area contributed by atoms with Gasteiger partial charge in [-0.1, -0.05) is 222 Å². The summed E-state index contributed by atoms with van der Waals surface area (Å²) >= 11 is 0. The Balaban J connectivity index is 3.37. The third-order valence-corrected chi connectivity index (χ3v) is 10.3. The molecule has 0 radical (unpaired) electrons. The lowest BCUT2D eigenvalue weighted by Crippen LogP contribution is -2.28. The molecule has 0 aliphatic rings. The zero-order valence-corrected chi connectivity index (χ0v) is 36.9. The standard InChI is InChI=1S/C51H90O5/c1-3-5-7-9-10-11-12-13-14-15-16-17-18-19-20-21-22-23-24-25-26-27-28-29-30-31-32-33-34-35-36-37-38-39-40-42-44-46-51(54)56-49(47-52)48-55-50(53)45-43-41-8-6-4-2/h5,7,10-11,13-14,16-17,19-20,49,52H,3-4,6,8-9,12,15,18,21-48H2,1-2H3/b7-5-,11-10-,14-13-,17-16-,20-19-. The van der Waals surface area contributed by atoms with Gasteiger partial charge in [0.1, 0.15) is 6.61 Å². The normalized spacial score (nSPS) is 12.7. The molecule has 0 fully saturated rings. The number of ether oxygens (including phenoxy) is 2. The van der Waals surface area contributed by atoms with Crippen molar-refractivity contribution in [2.75, 3.05) is 13.2 Å². The number of rotatable bonds is 43. The van der Waals surface area contributed by atoms with Crippen LogP contribution in [0.1, 0.15) is 232 Å². The Bertz CT molecular complexity index is 977. The van der Waals surface area contributed by atoms with E-state index in [1.54, 1.807) is 0 Å². The van der Waals surface area contributed by atoms with E-state index in [2.05, 4.69) is 74.6 Å². The maximum absolute atomic E-state index is 12.1. The summed E-state index contributed by atoms with van der Waals surface area (Å²) in [5, 5.41) is 9.49. The van der Waals surface area contributed by atoms with Gasteiger partial charge in [0.2, 0.25) is 0 Å². The summed E-state index contributed by atoms with van der Waals surface area (Å²) in [5.74, 6) is -0.598. The third-order valence-electron chi connectivity index (χ3n) is 10.3. The highest BCUT2D eigenvalue weighted by Crippen LogP contribution is 2.16. The van der Waals surface area contributed by atoms with Crippen molar-refractivity contribution < 1.29 is 24.2 Å². The second kappa shape index (κ2) is 47.0. The minimum absolute atomic E-state index is 0.0642.